The minimum Gasteiger partial charge on any atom is -0.342 e. The van der Waals surface area contributed by atoms with E-state index in [-0.39, 0.29) is 0 Å². The Morgan fingerprint density at radius 3 is 2.24 bits per heavy atom. The number of halogens is 4. The molecule has 0 amide bonds. The number of nitrogens with zero attached hydrogens (tertiary/aromatic N) is 3. The summed E-state index contributed by atoms with van der Waals surface area (Å²) in [4.78, 5) is 6.68. The molecule has 188 valence electrons. The van der Waals surface area contributed by atoms with Crippen molar-refractivity contribution in [3.8, 4) is 0 Å². The van der Waals surface area contributed by atoms with Crippen LogP contribution in [0.2, 0.25) is 5.02 Å². The van der Waals surface area contributed by atoms with E-state index >= 15 is 0 Å². The van der Waals surface area contributed by atoms with E-state index in [1.165, 1.54) is 12.1 Å². The van der Waals surface area contributed by atoms with Crippen molar-refractivity contribution < 1.29 is 17.7 Å². The fraction of sp³-hybridized carbons (Fsp3) is 0.172. The SMILES string of the molecule is C=C1C(c2noc(C(C)(C)c3ccc(Cl)cc3)n2)=CN(Cc2ccc(C(F)(F)F)cc2)c2ccccc21. The first-order valence-electron chi connectivity index (χ1n) is 11.6. The molecule has 0 bridgehead atoms. The number of benzene rings is 3. The second-order valence-electron chi connectivity index (χ2n) is 9.42. The Morgan fingerprint density at radius 1 is 0.919 bits per heavy atom. The molecule has 0 saturated carbocycles. The molecular formula is C29H23ClF3N3O. The summed E-state index contributed by atoms with van der Waals surface area (Å²) in [5.74, 6) is 0.820. The van der Waals surface area contributed by atoms with Crippen LogP contribution in [0.4, 0.5) is 18.9 Å². The Morgan fingerprint density at radius 2 is 1.57 bits per heavy atom. The Kier molecular flexibility index (Phi) is 6.20. The number of allylic oxidation sites excluding steroid dienone is 2. The highest BCUT2D eigenvalue weighted by Crippen LogP contribution is 2.41. The second kappa shape index (κ2) is 9.23. The lowest BCUT2D eigenvalue weighted by molar-refractivity contribution is -0.137. The maximum atomic E-state index is 13.0. The number of hydrogen-bond acceptors (Lipinski definition) is 4. The molecule has 0 aliphatic carbocycles. The Balaban J connectivity index is 1.49. The highest BCUT2D eigenvalue weighted by atomic mass is 35.5. The predicted molar refractivity (Wildman–Crippen MR) is 139 cm³/mol. The van der Waals surface area contributed by atoms with E-state index < -0.39 is 17.2 Å². The molecule has 3 aromatic carbocycles. The molecule has 4 nitrogen and oxygen atoms in total. The highest BCUT2D eigenvalue weighted by molar-refractivity contribution is 6.30. The third-order valence-corrected chi connectivity index (χ3v) is 6.80. The van der Waals surface area contributed by atoms with Crippen molar-refractivity contribution in [3.63, 3.8) is 0 Å². The van der Waals surface area contributed by atoms with Crippen LogP contribution in [0.3, 0.4) is 0 Å². The molecule has 5 rings (SSSR count). The fourth-order valence-corrected chi connectivity index (χ4v) is 4.45. The minimum absolute atomic E-state index is 0.354. The normalized spacial score (nSPS) is 13.9. The Labute approximate surface area is 217 Å². The van der Waals surface area contributed by atoms with Gasteiger partial charge in [0.2, 0.25) is 11.7 Å². The summed E-state index contributed by atoms with van der Waals surface area (Å²) in [5, 5.41) is 4.90. The van der Waals surface area contributed by atoms with Crippen LogP contribution in [0.15, 0.2) is 90.1 Å². The van der Waals surface area contributed by atoms with Gasteiger partial charge in [0.25, 0.3) is 0 Å². The molecule has 8 heteroatoms. The van der Waals surface area contributed by atoms with Gasteiger partial charge in [-0.25, -0.2) is 0 Å². The smallest absolute Gasteiger partial charge is 0.342 e. The van der Waals surface area contributed by atoms with Crippen molar-refractivity contribution in [2.45, 2.75) is 32.0 Å². The van der Waals surface area contributed by atoms with Gasteiger partial charge in [0.1, 0.15) is 0 Å². The van der Waals surface area contributed by atoms with Gasteiger partial charge < -0.3 is 9.42 Å². The average molecular weight is 522 g/mol. The van der Waals surface area contributed by atoms with Gasteiger partial charge >= 0.3 is 6.18 Å². The number of aromatic nitrogens is 2. The maximum absolute atomic E-state index is 13.0. The second-order valence-corrected chi connectivity index (χ2v) is 9.85. The first-order chi connectivity index (χ1) is 17.5. The summed E-state index contributed by atoms with van der Waals surface area (Å²) in [7, 11) is 0. The Hall–Kier alpha value is -3.84. The fourth-order valence-electron chi connectivity index (χ4n) is 4.32. The third-order valence-electron chi connectivity index (χ3n) is 6.55. The van der Waals surface area contributed by atoms with Gasteiger partial charge in [0.05, 0.1) is 11.0 Å². The van der Waals surface area contributed by atoms with Crippen LogP contribution in [0.25, 0.3) is 11.1 Å². The lowest BCUT2D eigenvalue weighted by Crippen LogP contribution is -2.22. The van der Waals surface area contributed by atoms with E-state index in [1.807, 2.05) is 73.5 Å². The van der Waals surface area contributed by atoms with E-state index in [1.54, 1.807) is 0 Å². The number of para-hydroxylation sites is 1. The van der Waals surface area contributed by atoms with Gasteiger partial charge in [-0.1, -0.05) is 65.8 Å². The van der Waals surface area contributed by atoms with E-state index in [9.17, 15) is 13.2 Å². The molecule has 1 aliphatic rings. The number of rotatable bonds is 5. The van der Waals surface area contributed by atoms with Crippen LogP contribution < -0.4 is 4.90 Å². The van der Waals surface area contributed by atoms with Crippen LogP contribution >= 0.6 is 11.6 Å². The van der Waals surface area contributed by atoms with Crippen molar-refractivity contribution in [2.75, 3.05) is 4.90 Å². The molecule has 1 aromatic heterocycles. The van der Waals surface area contributed by atoms with Crippen molar-refractivity contribution in [1.82, 2.24) is 10.1 Å². The van der Waals surface area contributed by atoms with Gasteiger partial charge in [0, 0.05) is 34.6 Å². The lowest BCUT2D eigenvalue weighted by atomic mass is 9.84. The zero-order chi connectivity index (χ0) is 26.4. The zero-order valence-electron chi connectivity index (χ0n) is 20.2. The number of alkyl halides is 3. The molecule has 0 spiro atoms. The summed E-state index contributed by atoms with van der Waals surface area (Å²) in [6, 6.07) is 20.4. The molecule has 0 atom stereocenters. The van der Waals surface area contributed by atoms with Crippen molar-refractivity contribution in [2.24, 2.45) is 0 Å². The molecule has 4 aromatic rings. The summed E-state index contributed by atoms with van der Waals surface area (Å²) in [5.41, 5.74) is 3.63. The van der Waals surface area contributed by atoms with Gasteiger partial charge in [-0.05, 0) is 60.9 Å². The van der Waals surface area contributed by atoms with Crippen LogP contribution in [0.1, 0.15) is 47.8 Å². The molecule has 0 N–H and O–H groups in total. The largest absolute Gasteiger partial charge is 0.416 e. The standard InChI is InChI=1S/C29H23ClF3N3O/c1-18-23-6-4-5-7-25(23)36(16-19-8-10-21(11-9-19)29(31,32)33)17-24(18)26-34-27(37-35-26)28(2,3)20-12-14-22(30)15-13-20/h4-15,17H,1,16H2,2-3H3. The summed E-state index contributed by atoms with van der Waals surface area (Å²) >= 11 is 6.05. The van der Waals surface area contributed by atoms with Crippen LogP contribution in [0, 0.1) is 0 Å². The molecule has 0 fully saturated rings. The molecule has 2 heterocycles. The van der Waals surface area contributed by atoms with Crippen molar-refractivity contribution >= 4 is 28.4 Å². The molecule has 0 radical (unpaired) electrons. The topological polar surface area (TPSA) is 42.2 Å². The third kappa shape index (κ3) is 4.79. The molecule has 37 heavy (non-hydrogen) atoms. The molecule has 0 saturated heterocycles. The average Bonchev–Trinajstić information content (AvgIpc) is 3.37. The van der Waals surface area contributed by atoms with Crippen LogP contribution in [-0.2, 0) is 18.1 Å². The summed E-state index contributed by atoms with van der Waals surface area (Å²) in [6.45, 7) is 8.61. The summed E-state index contributed by atoms with van der Waals surface area (Å²) < 4.78 is 44.7. The van der Waals surface area contributed by atoms with Gasteiger partial charge in [-0.3, -0.25) is 0 Å². The van der Waals surface area contributed by atoms with Gasteiger partial charge in [-0.15, -0.1) is 0 Å². The first kappa shape index (κ1) is 24.8. The Bertz CT molecular complexity index is 1490. The maximum Gasteiger partial charge on any atom is 0.416 e. The van der Waals surface area contributed by atoms with Gasteiger partial charge in [0.15, 0.2) is 0 Å². The van der Waals surface area contributed by atoms with E-state index in [4.69, 9.17) is 21.1 Å². The van der Waals surface area contributed by atoms with Crippen molar-refractivity contribution in [1.29, 1.82) is 0 Å². The van der Waals surface area contributed by atoms with E-state index in [2.05, 4.69) is 11.7 Å². The van der Waals surface area contributed by atoms with Crippen LogP contribution in [-0.4, -0.2) is 10.1 Å². The first-order valence-corrected chi connectivity index (χ1v) is 12.0. The zero-order valence-corrected chi connectivity index (χ0v) is 20.9. The van der Waals surface area contributed by atoms with E-state index in [0.717, 1.165) is 40.1 Å². The molecule has 0 unspecified atom stereocenters. The number of fused-ring (bicyclic) bond motifs is 1. The molecular weight excluding hydrogens is 499 g/mol. The number of hydrogen-bond donors (Lipinski definition) is 0. The minimum atomic E-state index is -4.38. The van der Waals surface area contributed by atoms with Gasteiger partial charge in [-0.2, -0.15) is 18.2 Å². The van der Waals surface area contributed by atoms with Crippen LogP contribution in [0.5, 0.6) is 0 Å². The predicted octanol–water partition coefficient (Wildman–Crippen LogP) is 8.14. The van der Waals surface area contributed by atoms with Crippen molar-refractivity contribution in [3.05, 3.63) is 125 Å². The monoisotopic (exact) mass is 521 g/mol. The quantitative estimate of drug-likeness (QED) is 0.266. The van der Waals surface area contributed by atoms with E-state index in [0.29, 0.717) is 28.9 Å². The highest BCUT2D eigenvalue weighted by Gasteiger charge is 2.32. The lowest BCUT2D eigenvalue weighted by Gasteiger charge is -2.30. The number of anilines is 1. The summed E-state index contributed by atoms with van der Waals surface area (Å²) in [6.07, 6.45) is -2.51. The molecule has 1 aliphatic heterocycles.